The van der Waals surface area contributed by atoms with Gasteiger partial charge in [-0.3, -0.25) is 4.79 Å². The third kappa shape index (κ3) is 7.00. The Hall–Kier alpha value is -3.99. The van der Waals surface area contributed by atoms with Crippen LogP contribution in [0.1, 0.15) is 25.2 Å². The minimum Gasteiger partial charge on any atom is -0.493 e. The van der Waals surface area contributed by atoms with Crippen LogP contribution >= 0.6 is 0 Å². The normalized spacial score (nSPS) is 10.9. The molecule has 1 heterocycles. The van der Waals surface area contributed by atoms with Gasteiger partial charge in [-0.25, -0.2) is 4.79 Å². The van der Waals surface area contributed by atoms with Gasteiger partial charge in [-0.1, -0.05) is 6.07 Å². The quantitative estimate of drug-likeness (QED) is 0.405. The van der Waals surface area contributed by atoms with E-state index in [2.05, 4.69) is 10.6 Å². The average Bonchev–Trinajstić information content (AvgIpc) is 3.32. The lowest BCUT2D eigenvalue weighted by Gasteiger charge is -2.22. The van der Waals surface area contributed by atoms with Crippen molar-refractivity contribution >= 4 is 27.7 Å². The molecule has 3 aromatic rings. The van der Waals surface area contributed by atoms with Crippen LogP contribution in [0.4, 0.5) is 10.5 Å². The van der Waals surface area contributed by atoms with E-state index in [-0.39, 0.29) is 41.4 Å². The van der Waals surface area contributed by atoms with E-state index in [9.17, 15) is 18.0 Å². The van der Waals surface area contributed by atoms with Gasteiger partial charge in [0.15, 0.2) is 11.5 Å². The predicted octanol–water partition coefficient (Wildman–Crippen LogP) is 3.75. The Balaban J connectivity index is 1.84. The summed E-state index contributed by atoms with van der Waals surface area (Å²) >= 11 is 0. The molecular weight excluding hydrogens is 474 g/mol. The highest BCUT2D eigenvalue weighted by atomic mass is 32.2. The number of ether oxygens (including phenoxy) is 1. The maximum Gasteiger partial charge on any atom is 0.339 e. The van der Waals surface area contributed by atoms with Gasteiger partial charge in [-0.05, 0) is 61.0 Å². The summed E-state index contributed by atoms with van der Waals surface area (Å²) in [4.78, 5) is 25.2. The van der Waals surface area contributed by atoms with Crippen molar-refractivity contribution in [1.29, 1.82) is 0 Å². The molecule has 0 aliphatic carbocycles. The number of amides is 3. The summed E-state index contributed by atoms with van der Waals surface area (Å²) < 4.78 is 41.8. The van der Waals surface area contributed by atoms with Crippen LogP contribution in [0.15, 0.2) is 70.2 Å². The first kappa shape index (κ1) is 25.6. The first-order chi connectivity index (χ1) is 16.7. The van der Waals surface area contributed by atoms with Crippen LogP contribution in [-0.2, 0) is 28.0 Å². The van der Waals surface area contributed by atoms with E-state index in [1.165, 1.54) is 55.5 Å². The highest BCUT2D eigenvalue weighted by Gasteiger charge is 2.21. The van der Waals surface area contributed by atoms with E-state index in [1.807, 2.05) is 6.92 Å². The Kier molecular flexibility index (Phi) is 8.37. The molecule has 0 aliphatic rings. The van der Waals surface area contributed by atoms with Gasteiger partial charge in [0.05, 0.1) is 19.9 Å². The van der Waals surface area contributed by atoms with Crippen molar-refractivity contribution in [2.75, 3.05) is 19.0 Å². The number of benzene rings is 2. The first-order valence-electron chi connectivity index (χ1n) is 10.8. The number of hydrogen-bond donors (Lipinski definition) is 2. The molecule has 2 N–H and O–H groups in total. The van der Waals surface area contributed by atoms with E-state index < -0.39 is 10.1 Å². The number of anilines is 1. The number of carbonyl (C=O) groups is 2. The molecule has 0 fully saturated rings. The highest BCUT2D eigenvalue weighted by molar-refractivity contribution is 7.87. The molecule has 186 valence electrons. The van der Waals surface area contributed by atoms with Gasteiger partial charge in [-0.2, -0.15) is 8.42 Å². The number of hydrogen-bond acceptors (Lipinski definition) is 7. The molecule has 0 saturated heterocycles. The molecule has 0 aliphatic heterocycles. The smallest absolute Gasteiger partial charge is 0.339 e. The summed E-state index contributed by atoms with van der Waals surface area (Å²) in [6.45, 7) is 4.01. The molecule has 0 unspecified atom stereocenters. The molecular formula is C24H27N3O7S. The second-order valence-electron chi connectivity index (χ2n) is 7.50. The zero-order chi connectivity index (χ0) is 25.4. The monoisotopic (exact) mass is 501 g/mol. The third-order valence-corrected chi connectivity index (χ3v) is 6.05. The first-order valence-corrected chi connectivity index (χ1v) is 12.2. The van der Waals surface area contributed by atoms with Crippen molar-refractivity contribution < 1.29 is 31.3 Å². The zero-order valence-corrected chi connectivity index (χ0v) is 20.4. The number of rotatable bonds is 10. The molecule has 1 aromatic heterocycles. The maximum absolute atomic E-state index is 12.9. The fourth-order valence-electron chi connectivity index (χ4n) is 3.23. The lowest BCUT2D eigenvalue weighted by atomic mass is 10.2. The van der Waals surface area contributed by atoms with Crippen molar-refractivity contribution in [1.82, 2.24) is 10.2 Å². The molecule has 0 spiro atoms. The fourth-order valence-corrected chi connectivity index (χ4v) is 4.16. The Bertz CT molecular complexity index is 1260. The number of furan rings is 1. The average molecular weight is 502 g/mol. The number of nitrogens with one attached hydrogen (secondary N) is 2. The van der Waals surface area contributed by atoms with E-state index in [0.717, 1.165) is 0 Å². The predicted molar refractivity (Wildman–Crippen MR) is 129 cm³/mol. The van der Waals surface area contributed by atoms with Crippen molar-refractivity contribution in [3.8, 4) is 11.5 Å². The maximum atomic E-state index is 12.9. The summed E-state index contributed by atoms with van der Waals surface area (Å²) in [7, 11) is -2.81. The minimum atomic E-state index is -4.20. The lowest BCUT2D eigenvalue weighted by Crippen LogP contribution is -2.38. The van der Waals surface area contributed by atoms with Crippen LogP contribution in [0.25, 0.3) is 0 Å². The van der Waals surface area contributed by atoms with E-state index in [1.54, 1.807) is 24.3 Å². The van der Waals surface area contributed by atoms with E-state index in [4.69, 9.17) is 13.3 Å². The highest BCUT2D eigenvalue weighted by Crippen LogP contribution is 2.31. The number of methoxy groups -OCH3 is 1. The molecule has 0 atom stereocenters. The summed E-state index contributed by atoms with van der Waals surface area (Å²) in [5.41, 5.74) is 1.08. The zero-order valence-electron chi connectivity index (χ0n) is 19.6. The minimum absolute atomic E-state index is 0.0233. The van der Waals surface area contributed by atoms with Crippen LogP contribution in [0.5, 0.6) is 11.5 Å². The van der Waals surface area contributed by atoms with Crippen LogP contribution < -0.4 is 19.6 Å². The molecule has 35 heavy (non-hydrogen) atoms. The van der Waals surface area contributed by atoms with Gasteiger partial charge >= 0.3 is 16.1 Å². The van der Waals surface area contributed by atoms with Gasteiger partial charge in [0.25, 0.3) is 0 Å². The SMILES string of the molecule is CCNC(=O)N(Cc1ccc(OC)c(OS(=O)(=O)c2ccc(NC(C)=O)cc2)c1)Cc1ccco1. The number of carbonyl (C=O) groups excluding carboxylic acids is 2. The van der Waals surface area contributed by atoms with Gasteiger partial charge in [0.2, 0.25) is 5.91 Å². The van der Waals surface area contributed by atoms with Crippen molar-refractivity contribution in [3.63, 3.8) is 0 Å². The molecule has 0 saturated carbocycles. The molecule has 10 nitrogen and oxygen atoms in total. The van der Waals surface area contributed by atoms with Gasteiger partial charge in [0, 0.05) is 25.7 Å². The summed E-state index contributed by atoms with van der Waals surface area (Å²) in [5, 5.41) is 5.33. The largest absolute Gasteiger partial charge is 0.493 e. The molecule has 0 bridgehead atoms. The Labute approximate surface area is 204 Å². The second-order valence-corrected chi connectivity index (χ2v) is 9.05. The van der Waals surface area contributed by atoms with Gasteiger partial charge in [-0.15, -0.1) is 0 Å². The van der Waals surface area contributed by atoms with Crippen molar-refractivity contribution in [2.24, 2.45) is 0 Å². The Morgan fingerprint density at radius 3 is 2.37 bits per heavy atom. The molecule has 0 radical (unpaired) electrons. The third-order valence-electron chi connectivity index (χ3n) is 4.81. The lowest BCUT2D eigenvalue weighted by molar-refractivity contribution is -0.114. The fraction of sp³-hybridized carbons (Fsp3) is 0.250. The van der Waals surface area contributed by atoms with Crippen LogP contribution in [-0.4, -0.2) is 38.9 Å². The molecule has 11 heteroatoms. The van der Waals surface area contributed by atoms with Crippen LogP contribution in [0.3, 0.4) is 0 Å². The summed E-state index contributed by atoms with van der Waals surface area (Å²) in [5.74, 6) is 0.520. The van der Waals surface area contributed by atoms with Gasteiger partial charge < -0.3 is 28.9 Å². The molecule has 3 rings (SSSR count). The van der Waals surface area contributed by atoms with E-state index >= 15 is 0 Å². The topological polar surface area (TPSA) is 127 Å². The van der Waals surface area contributed by atoms with Crippen LogP contribution in [0.2, 0.25) is 0 Å². The van der Waals surface area contributed by atoms with Crippen molar-refractivity contribution in [2.45, 2.75) is 31.8 Å². The van der Waals surface area contributed by atoms with E-state index in [0.29, 0.717) is 23.6 Å². The standard InChI is InChI=1S/C24H27N3O7S/c1-4-25-24(29)27(16-20-6-5-13-33-20)15-18-7-12-22(32-3)23(14-18)34-35(30,31)21-10-8-19(9-11-21)26-17(2)28/h5-14H,4,15-16H2,1-3H3,(H,25,29)(H,26,28). The number of urea groups is 1. The summed E-state index contributed by atoms with van der Waals surface area (Å²) in [6, 6.07) is 13.6. The molecule has 3 amide bonds. The van der Waals surface area contributed by atoms with Crippen molar-refractivity contribution in [3.05, 3.63) is 72.2 Å². The molecule has 2 aromatic carbocycles. The Morgan fingerprint density at radius 2 is 1.77 bits per heavy atom. The number of nitrogens with zero attached hydrogens (tertiary/aromatic N) is 1. The van der Waals surface area contributed by atoms with Gasteiger partial charge in [0.1, 0.15) is 10.7 Å². The second kappa shape index (κ2) is 11.4. The van der Waals surface area contributed by atoms with Crippen LogP contribution in [0, 0.1) is 0 Å². The Morgan fingerprint density at radius 1 is 1.03 bits per heavy atom. The summed E-state index contributed by atoms with van der Waals surface area (Å²) in [6.07, 6.45) is 1.53.